The van der Waals surface area contributed by atoms with Crippen LogP contribution in [-0.4, -0.2) is 47.5 Å². The molecule has 33 heavy (non-hydrogen) atoms. The lowest BCUT2D eigenvalue weighted by molar-refractivity contribution is 0.415. The molecule has 2 N–H and O–H groups in total. The molecular weight excluding hydrogens is 418 g/mol. The van der Waals surface area contributed by atoms with E-state index in [0.29, 0.717) is 23.1 Å². The molecule has 10 nitrogen and oxygen atoms in total. The molecule has 0 atom stereocenters. The number of methoxy groups -OCH3 is 1. The Hall–Kier alpha value is -4.86. The van der Waals surface area contributed by atoms with Gasteiger partial charge >= 0.3 is 0 Å². The highest BCUT2D eigenvalue weighted by Gasteiger charge is 2.16. The normalized spacial score (nSPS) is 11.2. The van der Waals surface area contributed by atoms with E-state index >= 15 is 0 Å². The minimum atomic E-state index is 0.542. The number of anilines is 2. The highest BCUT2D eigenvalue weighted by Crippen LogP contribution is 2.30. The Morgan fingerprint density at radius 3 is 2.30 bits per heavy atom. The standard InChI is InChI=1S/C23H17N9O/c1-33-17-12-8-15(9-13-17)22-27-28-23-19-5-3-2-4-18(19)21(29-32(22)23)24-16-10-6-14(7-11-16)20-25-30-31-26-20/h2-13H,1H3,(H,24,29)(H,25,26,30,31). The van der Waals surface area contributed by atoms with Crippen LogP contribution in [0.1, 0.15) is 0 Å². The lowest BCUT2D eigenvalue weighted by Crippen LogP contribution is -2.02. The molecule has 0 radical (unpaired) electrons. The topological polar surface area (TPSA) is 119 Å². The summed E-state index contributed by atoms with van der Waals surface area (Å²) < 4.78 is 7.03. The third kappa shape index (κ3) is 3.30. The predicted molar refractivity (Wildman–Crippen MR) is 123 cm³/mol. The van der Waals surface area contributed by atoms with E-state index in [1.165, 1.54) is 0 Å². The Labute approximate surface area is 187 Å². The maximum atomic E-state index is 5.27. The maximum Gasteiger partial charge on any atom is 0.204 e. The number of ether oxygens (including phenoxy) is 1. The van der Waals surface area contributed by atoms with Crippen molar-refractivity contribution in [3.63, 3.8) is 0 Å². The van der Waals surface area contributed by atoms with E-state index in [2.05, 4.69) is 36.1 Å². The largest absolute Gasteiger partial charge is 0.497 e. The van der Waals surface area contributed by atoms with E-state index in [9.17, 15) is 0 Å². The first kappa shape index (κ1) is 18.9. The number of nitrogens with one attached hydrogen (secondary N) is 2. The third-order valence-corrected chi connectivity index (χ3v) is 5.36. The summed E-state index contributed by atoms with van der Waals surface area (Å²) in [7, 11) is 1.64. The van der Waals surface area contributed by atoms with Crippen molar-refractivity contribution in [1.82, 2.24) is 40.4 Å². The summed E-state index contributed by atoms with van der Waals surface area (Å²) in [6.07, 6.45) is 0. The number of hydrogen-bond donors (Lipinski definition) is 2. The van der Waals surface area contributed by atoms with Crippen molar-refractivity contribution in [2.24, 2.45) is 0 Å². The molecule has 0 aliphatic rings. The fraction of sp³-hybridized carbons (Fsp3) is 0.0435. The van der Waals surface area contributed by atoms with Gasteiger partial charge in [-0.1, -0.05) is 24.3 Å². The molecule has 0 unspecified atom stereocenters. The molecule has 3 heterocycles. The summed E-state index contributed by atoms with van der Waals surface area (Å²) in [5.41, 5.74) is 3.32. The summed E-state index contributed by atoms with van der Waals surface area (Å²) in [6.45, 7) is 0. The average molecular weight is 435 g/mol. The van der Waals surface area contributed by atoms with Crippen molar-refractivity contribution in [3.8, 4) is 28.5 Å². The zero-order chi connectivity index (χ0) is 22.2. The number of H-pyrrole nitrogens is 1. The number of tetrazole rings is 1. The van der Waals surface area contributed by atoms with Gasteiger partial charge in [0, 0.05) is 27.6 Å². The second-order valence-corrected chi connectivity index (χ2v) is 7.32. The fourth-order valence-corrected chi connectivity index (χ4v) is 3.72. The lowest BCUT2D eigenvalue weighted by Gasteiger charge is -2.11. The van der Waals surface area contributed by atoms with E-state index in [4.69, 9.17) is 9.84 Å². The van der Waals surface area contributed by atoms with E-state index in [1.807, 2.05) is 72.8 Å². The average Bonchev–Trinajstić information content (AvgIpc) is 3.55. The molecule has 0 spiro atoms. The molecule has 3 aromatic heterocycles. The van der Waals surface area contributed by atoms with Crippen LogP contribution < -0.4 is 10.1 Å². The number of fused-ring (bicyclic) bond motifs is 3. The minimum absolute atomic E-state index is 0.542. The van der Waals surface area contributed by atoms with Gasteiger partial charge in [-0.25, -0.2) is 0 Å². The summed E-state index contributed by atoms with van der Waals surface area (Å²) >= 11 is 0. The van der Waals surface area contributed by atoms with Crippen molar-refractivity contribution in [3.05, 3.63) is 72.8 Å². The molecule has 3 aromatic carbocycles. The van der Waals surface area contributed by atoms with Gasteiger partial charge in [0.25, 0.3) is 0 Å². The minimum Gasteiger partial charge on any atom is -0.497 e. The number of rotatable bonds is 5. The van der Waals surface area contributed by atoms with Gasteiger partial charge in [0.1, 0.15) is 5.75 Å². The summed E-state index contributed by atoms with van der Waals surface area (Å²) in [5, 5.41) is 33.1. The first-order valence-electron chi connectivity index (χ1n) is 10.2. The zero-order valence-corrected chi connectivity index (χ0v) is 17.5. The number of benzene rings is 3. The molecular formula is C23H17N9O. The van der Waals surface area contributed by atoms with Crippen LogP contribution >= 0.6 is 0 Å². The first-order valence-corrected chi connectivity index (χ1v) is 10.2. The molecule has 0 saturated heterocycles. The van der Waals surface area contributed by atoms with Crippen molar-refractivity contribution in [1.29, 1.82) is 0 Å². The van der Waals surface area contributed by atoms with Gasteiger partial charge in [-0.05, 0) is 53.7 Å². The monoisotopic (exact) mass is 435 g/mol. The highest BCUT2D eigenvalue weighted by molar-refractivity contribution is 6.01. The van der Waals surface area contributed by atoms with Crippen LogP contribution in [0.25, 0.3) is 39.2 Å². The number of aromatic nitrogens is 8. The van der Waals surface area contributed by atoms with Gasteiger partial charge in [-0.3, -0.25) is 0 Å². The zero-order valence-electron chi connectivity index (χ0n) is 17.5. The van der Waals surface area contributed by atoms with Crippen molar-refractivity contribution in [2.75, 3.05) is 12.4 Å². The third-order valence-electron chi connectivity index (χ3n) is 5.36. The molecule has 0 fully saturated rings. The van der Waals surface area contributed by atoms with Crippen LogP contribution in [0.5, 0.6) is 5.75 Å². The number of aromatic amines is 1. The molecule has 0 aliphatic carbocycles. The first-order chi connectivity index (χ1) is 16.3. The van der Waals surface area contributed by atoms with E-state index in [1.54, 1.807) is 11.6 Å². The Balaban J connectivity index is 1.45. The second-order valence-electron chi connectivity index (χ2n) is 7.32. The van der Waals surface area contributed by atoms with E-state index in [0.717, 1.165) is 33.3 Å². The Morgan fingerprint density at radius 1 is 0.818 bits per heavy atom. The van der Waals surface area contributed by atoms with Crippen LogP contribution in [0.4, 0.5) is 11.5 Å². The number of hydrogen-bond acceptors (Lipinski definition) is 8. The van der Waals surface area contributed by atoms with E-state index < -0.39 is 0 Å². The Morgan fingerprint density at radius 2 is 1.58 bits per heavy atom. The molecule has 6 aromatic rings. The number of nitrogens with zero attached hydrogens (tertiary/aromatic N) is 7. The summed E-state index contributed by atoms with van der Waals surface area (Å²) in [4.78, 5) is 0. The van der Waals surface area contributed by atoms with Crippen LogP contribution in [0.3, 0.4) is 0 Å². The van der Waals surface area contributed by atoms with Gasteiger partial charge in [0.2, 0.25) is 5.82 Å². The highest BCUT2D eigenvalue weighted by atomic mass is 16.5. The van der Waals surface area contributed by atoms with Crippen LogP contribution in [0, 0.1) is 0 Å². The second kappa shape index (κ2) is 7.68. The molecule has 6 rings (SSSR count). The van der Waals surface area contributed by atoms with E-state index in [-0.39, 0.29) is 0 Å². The molecule has 0 bridgehead atoms. The summed E-state index contributed by atoms with van der Waals surface area (Å²) in [5.74, 6) is 2.66. The Kier molecular flexibility index (Phi) is 4.39. The molecule has 0 aliphatic heterocycles. The van der Waals surface area contributed by atoms with Gasteiger partial charge < -0.3 is 10.1 Å². The van der Waals surface area contributed by atoms with Crippen LogP contribution in [-0.2, 0) is 0 Å². The van der Waals surface area contributed by atoms with Gasteiger partial charge in [-0.2, -0.15) is 9.73 Å². The maximum absolute atomic E-state index is 5.27. The fourth-order valence-electron chi connectivity index (χ4n) is 3.72. The molecule has 10 heteroatoms. The van der Waals surface area contributed by atoms with Gasteiger partial charge in [0.05, 0.1) is 7.11 Å². The lowest BCUT2D eigenvalue weighted by atomic mass is 10.1. The van der Waals surface area contributed by atoms with Crippen molar-refractivity contribution in [2.45, 2.75) is 0 Å². The summed E-state index contributed by atoms with van der Waals surface area (Å²) in [6, 6.07) is 23.4. The van der Waals surface area contributed by atoms with Crippen LogP contribution in [0.15, 0.2) is 72.8 Å². The SMILES string of the molecule is COc1ccc(-c2nnc3c4ccccc4c(Nc4ccc(-c5nn[nH]n5)cc4)nn23)cc1. The quantitative estimate of drug-likeness (QED) is 0.419. The van der Waals surface area contributed by atoms with Crippen molar-refractivity contribution >= 4 is 27.9 Å². The molecule has 0 amide bonds. The van der Waals surface area contributed by atoms with Crippen molar-refractivity contribution < 1.29 is 4.74 Å². The van der Waals surface area contributed by atoms with Gasteiger partial charge in [0.15, 0.2) is 17.3 Å². The molecule has 160 valence electrons. The van der Waals surface area contributed by atoms with Crippen LogP contribution in [0.2, 0.25) is 0 Å². The Bertz CT molecular complexity index is 1560. The smallest absolute Gasteiger partial charge is 0.204 e. The van der Waals surface area contributed by atoms with Gasteiger partial charge in [-0.15, -0.1) is 25.5 Å². The predicted octanol–water partition coefficient (Wildman–Crippen LogP) is 3.88. The molecule has 0 saturated carbocycles.